The van der Waals surface area contributed by atoms with E-state index in [-0.39, 0.29) is 6.85 Å². The van der Waals surface area contributed by atoms with Crippen LogP contribution >= 0.6 is 23.5 Å². The minimum absolute atomic E-state index is 0.00117. The molecule has 0 atom stereocenters. The van der Waals surface area contributed by atoms with E-state index in [4.69, 9.17) is 4.42 Å². The fraction of sp³-hybridized carbons (Fsp3) is 0.0526. The van der Waals surface area contributed by atoms with E-state index < -0.39 is 0 Å². The van der Waals surface area contributed by atoms with E-state index in [9.17, 15) is 0 Å². The van der Waals surface area contributed by atoms with Gasteiger partial charge in [-0.3, -0.25) is 0 Å². The molecule has 4 heterocycles. The van der Waals surface area contributed by atoms with Gasteiger partial charge in [0, 0.05) is 70.6 Å². The number of benzene rings is 6. The van der Waals surface area contributed by atoms with Crippen molar-refractivity contribution in [3.63, 3.8) is 0 Å². The Hall–Kier alpha value is -4.52. The van der Waals surface area contributed by atoms with Crippen molar-refractivity contribution in [1.29, 1.82) is 0 Å². The minimum atomic E-state index is -0.00117. The molecule has 0 unspecified atom stereocenters. The molecule has 0 spiro atoms. The molecule has 0 saturated carbocycles. The SMILES string of the molecule is CSc1ccc(N2c3ccc(SC)cc3B3c4c2cc2c(oc5ccccc52)c4-c2cccc4c5ccccc5n3c24)cc1. The van der Waals surface area contributed by atoms with Gasteiger partial charge in [-0.25, -0.2) is 0 Å². The highest BCUT2D eigenvalue weighted by molar-refractivity contribution is 7.98. The van der Waals surface area contributed by atoms with Crippen LogP contribution in [0.15, 0.2) is 129 Å². The Kier molecular flexibility index (Phi) is 5.09. The lowest BCUT2D eigenvalue weighted by Gasteiger charge is -2.40. The first kappa shape index (κ1) is 24.9. The summed E-state index contributed by atoms with van der Waals surface area (Å²) < 4.78 is 9.42. The van der Waals surface area contributed by atoms with Crippen LogP contribution in [0, 0.1) is 0 Å². The first-order valence-corrected chi connectivity index (χ1v) is 17.3. The number of para-hydroxylation sites is 3. The summed E-state index contributed by atoms with van der Waals surface area (Å²) in [5.41, 5.74) is 13.1. The van der Waals surface area contributed by atoms with Gasteiger partial charge < -0.3 is 13.8 Å². The number of furan rings is 1. The molecule has 2 aliphatic rings. The van der Waals surface area contributed by atoms with Gasteiger partial charge in [0.05, 0.1) is 0 Å². The van der Waals surface area contributed by atoms with Crippen molar-refractivity contribution in [3.8, 4) is 11.1 Å². The summed E-state index contributed by atoms with van der Waals surface area (Å²) in [5.74, 6) is 0. The third-order valence-corrected chi connectivity index (χ3v) is 11.0. The van der Waals surface area contributed by atoms with Crippen LogP contribution < -0.4 is 15.8 Å². The maximum absolute atomic E-state index is 6.81. The molecule has 0 saturated heterocycles. The number of nitrogens with zero attached hydrogens (tertiary/aromatic N) is 2. The summed E-state index contributed by atoms with van der Waals surface area (Å²) in [6.07, 6.45) is 4.30. The number of fused-ring (bicyclic) bond motifs is 11. The highest BCUT2D eigenvalue weighted by atomic mass is 32.2. The monoisotopic (exact) mass is 600 g/mol. The van der Waals surface area contributed by atoms with E-state index in [0.717, 1.165) is 27.6 Å². The Morgan fingerprint density at radius 2 is 1.39 bits per heavy atom. The molecule has 0 radical (unpaired) electrons. The lowest BCUT2D eigenvalue weighted by atomic mass is 9.45. The number of rotatable bonds is 3. The van der Waals surface area contributed by atoms with Crippen LogP contribution in [-0.2, 0) is 0 Å². The molecule has 0 fully saturated rings. The van der Waals surface area contributed by atoms with Crippen molar-refractivity contribution >= 4 is 102 Å². The summed E-state index contributed by atoms with van der Waals surface area (Å²) in [5, 5.41) is 4.88. The Labute approximate surface area is 263 Å². The summed E-state index contributed by atoms with van der Waals surface area (Å²) >= 11 is 3.57. The first-order chi connectivity index (χ1) is 21.7. The zero-order chi connectivity index (χ0) is 29.1. The molecule has 6 aromatic carbocycles. The molecule has 0 aliphatic carbocycles. The molecule has 44 heavy (non-hydrogen) atoms. The number of aromatic nitrogens is 1. The topological polar surface area (TPSA) is 21.3 Å². The lowest BCUT2D eigenvalue weighted by Crippen LogP contribution is -2.56. The minimum Gasteiger partial charge on any atom is -0.455 e. The number of hydrogen-bond donors (Lipinski definition) is 0. The number of hydrogen-bond acceptors (Lipinski definition) is 4. The summed E-state index contributed by atoms with van der Waals surface area (Å²) in [7, 11) is 0. The second-order valence-electron chi connectivity index (χ2n) is 11.6. The van der Waals surface area contributed by atoms with E-state index in [2.05, 4.69) is 137 Å². The lowest BCUT2D eigenvalue weighted by molar-refractivity contribution is 0.670. The summed E-state index contributed by atoms with van der Waals surface area (Å²) in [4.78, 5) is 5.01. The molecular weight excluding hydrogens is 575 g/mol. The number of thioether (sulfide) groups is 2. The van der Waals surface area contributed by atoms with Crippen molar-refractivity contribution in [3.05, 3.63) is 115 Å². The van der Waals surface area contributed by atoms with E-state index in [1.54, 1.807) is 23.5 Å². The average molecular weight is 601 g/mol. The molecule has 10 rings (SSSR count). The highest BCUT2D eigenvalue weighted by Crippen LogP contribution is 2.49. The molecule has 6 heteroatoms. The molecular formula is C38H25BN2OS2. The van der Waals surface area contributed by atoms with E-state index in [1.807, 2.05) is 0 Å². The van der Waals surface area contributed by atoms with Crippen LogP contribution in [0.1, 0.15) is 0 Å². The Balaban J connectivity index is 1.44. The molecule has 2 aliphatic heterocycles. The van der Waals surface area contributed by atoms with Gasteiger partial charge >= 0.3 is 6.85 Å². The van der Waals surface area contributed by atoms with Crippen LogP contribution in [0.2, 0.25) is 0 Å². The van der Waals surface area contributed by atoms with Gasteiger partial charge in [0.25, 0.3) is 0 Å². The van der Waals surface area contributed by atoms with Crippen molar-refractivity contribution in [2.24, 2.45) is 0 Å². The third kappa shape index (κ3) is 3.12. The molecule has 3 nitrogen and oxygen atoms in total. The Bertz CT molecular complexity index is 2490. The predicted molar refractivity (Wildman–Crippen MR) is 191 cm³/mol. The van der Waals surface area contributed by atoms with Crippen molar-refractivity contribution in [1.82, 2.24) is 4.48 Å². The second kappa shape index (κ2) is 9.01. The average Bonchev–Trinajstić information content (AvgIpc) is 3.62. The summed E-state index contributed by atoms with van der Waals surface area (Å²) in [6, 6.07) is 42.5. The zero-order valence-electron chi connectivity index (χ0n) is 24.2. The molecule has 2 aromatic heterocycles. The Morgan fingerprint density at radius 1 is 0.636 bits per heavy atom. The van der Waals surface area contributed by atoms with Gasteiger partial charge in [-0.1, -0.05) is 54.6 Å². The smallest absolute Gasteiger partial charge is 0.333 e. The van der Waals surface area contributed by atoms with Gasteiger partial charge in [0.15, 0.2) is 0 Å². The standard InChI is InChI=1S/C38H25BN2OS2/c1-43-23-16-14-22(15-17-23)40-32-19-18-24(44-2)20-30(32)39-36-33(40)21-29-26-9-4-6-13-34(26)42-38(29)35(36)28-11-7-10-27-25-8-3-5-12-31(25)41(39)37(27)28/h3-21H,1-2H3. The molecule has 8 aromatic rings. The van der Waals surface area contributed by atoms with Gasteiger partial charge in [0.1, 0.15) is 11.2 Å². The molecule has 208 valence electrons. The van der Waals surface area contributed by atoms with Crippen LogP contribution in [0.4, 0.5) is 17.1 Å². The molecule has 0 amide bonds. The predicted octanol–water partition coefficient (Wildman–Crippen LogP) is 9.56. The van der Waals surface area contributed by atoms with Gasteiger partial charge in [0.2, 0.25) is 0 Å². The fourth-order valence-electron chi connectivity index (χ4n) is 7.76. The second-order valence-corrected chi connectivity index (χ2v) is 13.4. The highest BCUT2D eigenvalue weighted by Gasteiger charge is 2.44. The van der Waals surface area contributed by atoms with Gasteiger partial charge in [-0.2, -0.15) is 0 Å². The first-order valence-electron chi connectivity index (χ1n) is 14.9. The van der Waals surface area contributed by atoms with Crippen molar-refractivity contribution < 1.29 is 4.42 Å². The molecule has 0 N–H and O–H groups in total. The Morgan fingerprint density at radius 3 is 2.23 bits per heavy atom. The fourth-order valence-corrected chi connectivity index (χ4v) is 8.61. The van der Waals surface area contributed by atoms with Crippen LogP contribution in [-0.4, -0.2) is 23.8 Å². The van der Waals surface area contributed by atoms with E-state index in [0.29, 0.717) is 0 Å². The summed E-state index contributed by atoms with van der Waals surface area (Å²) in [6.45, 7) is -0.00117. The normalized spacial score (nSPS) is 13.3. The van der Waals surface area contributed by atoms with E-state index >= 15 is 0 Å². The molecule has 0 bridgehead atoms. The number of anilines is 3. The van der Waals surface area contributed by atoms with E-state index in [1.165, 1.54) is 65.0 Å². The van der Waals surface area contributed by atoms with Gasteiger partial charge in [-0.05, 0) is 84.1 Å². The zero-order valence-corrected chi connectivity index (χ0v) is 25.8. The van der Waals surface area contributed by atoms with Crippen LogP contribution in [0.5, 0.6) is 0 Å². The maximum atomic E-state index is 6.81. The van der Waals surface area contributed by atoms with Crippen LogP contribution in [0.25, 0.3) is 54.9 Å². The largest absolute Gasteiger partial charge is 0.455 e. The van der Waals surface area contributed by atoms with Crippen molar-refractivity contribution in [2.45, 2.75) is 9.79 Å². The van der Waals surface area contributed by atoms with Gasteiger partial charge in [-0.15, -0.1) is 23.5 Å². The van der Waals surface area contributed by atoms with Crippen molar-refractivity contribution in [2.75, 3.05) is 17.4 Å². The van der Waals surface area contributed by atoms with Crippen LogP contribution in [0.3, 0.4) is 0 Å². The maximum Gasteiger partial charge on any atom is 0.333 e. The third-order valence-electron chi connectivity index (χ3n) is 9.56. The quantitative estimate of drug-likeness (QED) is 0.149.